The third-order valence-electron chi connectivity index (χ3n) is 3.39. The topological polar surface area (TPSA) is 67.8 Å². The minimum absolute atomic E-state index is 0.000162. The van der Waals surface area contributed by atoms with E-state index in [1.807, 2.05) is 23.5 Å². The van der Waals surface area contributed by atoms with Crippen LogP contribution in [0.25, 0.3) is 0 Å². The number of nitrogens with zero attached hydrogens (tertiary/aromatic N) is 2. The molecule has 0 aliphatic heterocycles. The summed E-state index contributed by atoms with van der Waals surface area (Å²) in [6.45, 7) is 3.49. The van der Waals surface area contributed by atoms with Crippen molar-refractivity contribution in [2.45, 2.75) is 29.6 Å². The predicted molar refractivity (Wildman–Crippen MR) is 101 cm³/mol. The molecule has 9 heteroatoms. The molecular weight excluding hydrogens is 298 g/mol. The van der Waals surface area contributed by atoms with Gasteiger partial charge in [0, 0.05) is 12.6 Å². The molecule has 1 aromatic carbocycles. The van der Waals surface area contributed by atoms with Crippen LogP contribution in [0.2, 0.25) is 0 Å². The minimum atomic E-state index is -2.88. The van der Waals surface area contributed by atoms with Crippen LogP contribution in [0, 0.1) is 5.82 Å². The van der Waals surface area contributed by atoms with Gasteiger partial charge in [0.1, 0.15) is 39.9 Å². The van der Waals surface area contributed by atoms with Crippen molar-refractivity contribution in [1.29, 1.82) is 0 Å². The Labute approximate surface area is 135 Å². The molecule has 0 spiro atoms. The fourth-order valence-corrected chi connectivity index (χ4v) is 4.64. The smallest absolute Gasteiger partial charge is 0.127 e. The van der Waals surface area contributed by atoms with Crippen LogP contribution in [-0.4, -0.2) is 50.6 Å². The van der Waals surface area contributed by atoms with Crippen LogP contribution in [0.3, 0.4) is 0 Å². The number of aliphatic imine (C=N–C) groups is 1. The van der Waals surface area contributed by atoms with Crippen molar-refractivity contribution in [3.8, 4) is 0 Å². The molecule has 0 heterocycles. The van der Waals surface area contributed by atoms with Crippen LogP contribution < -0.4 is 5.73 Å². The Morgan fingerprint density at radius 1 is 1.32 bits per heavy atom. The van der Waals surface area contributed by atoms with Gasteiger partial charge in [0.2, 0.25) is 0 Å². The van der Waals surface area contributed by atoms with Gasteiger partial charge < -0.3 is 5.73 Å². The molecule has 2 N–H and O–H groups in total. The molecule has 0 amide bonds. The largest absolute Gasteiger partial charge is 0.386 e. The summed E-state index contributed by atoms with van der Waals surface area (Å²) in [5.74, 6) is -0.135. The second-order valence-electron chi connectivity index (χ2n) is 6.76. The normalized spacial score (nSPS) is 16.1. The maximum atomic E-state index is 14.0. The number of nitrogens with two attached hydrogens (primary N) is 1. The summed E-state index contributed by atoms with van der Waals surface area (Å²) in [5.41, 5.74) is 6.34. The molecule has 1 atom stereocenters. The van der Waals surface area contributed by atoms with Crippen molar-refractivity contribution < 1.29 is 8.60 Å². The van der Waals surface area contributed by atoms with E-state index in [9.17, 15) is 8.60 Å². The van der Waals surface area contributed by atoms with E-state index in [0.29, 0.717) is 5.56 Å². The first-order valence-electron chi connectivity index (χ1n) is 7.15. The second-order valence-corrected chi connectivity index (χ2v) is 9.53. The van der Waals surface area contributed by atoms with Crippen molar-refractivity contribution in [3.05, 3.63) is 35.6 Å². The first-order chi connectivity index (χ1) is 9.93. The standard InChI is InChI=1S/C13H23B3FN3OS/c1-12(2,11(18)19-3)22(21,20-13(14,15)16)8-9-6-4-5-7-10(9)17/h4-7H,8,14-16H2,1-3H3,(H2,18,19). The summed E-state index contributed by atoms with van der Waals surface area (Å²) < 4.78 is 31.2. The Morgan fingerprint density at radius 2 is 1.86 bits per heavy atom. The molecule has 0 bridgehead atoms. The van der Waals surface area contributed by atoms with Crippen molar-refractivity contribution in [2.24, 2.45) is 15.1 Å². The first kappa shape index (κ1) is 18.8. The summed E-state index contributed by atoms with van der Waals surface area (Å²) >= 11 is 0. The Bertz CT molecular complexity index is 692. The highest BCUT2D eigenvalue weighted by Crippen LogP contribution is 2.27. The zero-order chi connectivity index (χ0) is 17.2. The van der Waals surface area contributed by atoms with E-state index >= 15 is 0 Å². The van der Waals surface area contributed by atoms with E-state index < -0.39 is 19.7 Å². The lowest BCUT2D eigenvalue weighted by molar-refractivity contribution is 0.612. The van der Waals surface area contributed by atoms with Gasteiger partial charge in [-0.1, -0.05) is 18.2 Å². The maximum absolute atomic E-state index is 14.0. The summed E-state index contributed by atoms with van der Waals surface area (Å²) in [5, 5.41) is -0.534. The zero-order valence-electron chi connectivity index (χ0n) is 14.2. The van der Waals surface area contributed by atoms with Gasteiger partial charge in [0.05, 0.1) is 15.5 Å². The van der Waals surface area contributed by atoms with Gasteiger partial charge >= 0.3 is 0 Å². The average molecular weight is 321 g/mol. The van der Waals surface area contributed by atoms with Gasteiger partial charge in [0.15, 0.2) is 0 Å². The molecule has 0 aliphatic carbocycles. The third-order valence-corrected chi connectivity index (χ3v) is 6.73. The average Bonchev–Trinajstić information content (AvgIpc) is 2.38. The highest BCUT2D eigenvalue weighted by Gasteiger charge is 2.37. The SMILES string of the molecule is BC(B)(B)N=S(=O)(Cc1ccccc1F)C(C)(C)/C(N)=N\C. The van der Waals surface area contributed by atoms with Crippen LogP contribution in [0.5, 0.6) is 0 Å². The third kappa shape index (κ3) is 4.15. The summed E-state index contributed by atoms with van der Waals surface area (Å²) in [6, 6.07) is 6.31. The molecule has 0 aliphatic rings. The minimum Gasteiger partial charge on any atom is -0.386 e. The van der Waals surface area contributed by atoms with E-state index in [1.54, 1.807) is 39.1 Å². The van der Waals surface area contributed by atoms with Gasteiger partial charge in [-0.05, 0) is 25.2 Å². The lowest BCUT2D eigenvalue weighted by Crippen LogP contribution is -2.47. The van der Waals surface area contributed by atoms with Gasteiger partial charge in [-0.3, -0.25) is 9.36 Å². The van der Waals surface area contributed by atoms with Crippen molar-refractivity contribution >= 4 is 39.1 Å². The Balaban J connectivity index is 3.54. The number of hydrogen-bond acceptors (Lipinski definition) is 3. The number of halogens is 1. The first-order valence-corrected chi connectivity index (χ1v) is 8.83. The molecule has 22 heavy (non-hydrogen) atoms. The van der Waals surface area contributed by atoms with Gasteiger partial charge in [0.25, 0.3) is 0 Å². The van der Waals surface area contributed by atoms with Gasteiger partial charge in [-0.25, -0.2) is 8.60 Å². The molecule has 0 radical (unpaired) electrons. The van der Waals surface area contributed by atoms with Crippen LogP contribution in [0.4, 0.5) is 4.39 Å². The number of hydrogen-bond donors (Lipinski definition) is 1. The zero-order valence-corrected chi connectivity index (χ0v) is 15.0. The van der Waals surface area contributed by atoms with E-state index in [-0.39, 0.29) is 17.4 Å². The summed E-state index contributed by atoms with van der Waals surface area (Å²) in [6.07, 6.45) is 0. The highest BCUT2D eigenvalue weighted by molar-refractivity contribution is 7.95. The van der Waals surface area contributed by atoms with Gasteiger partial charge in [-0.2, -0.15) is 0 Å². The molecule has 0 aromatic heterocycles. The number of amidine groups is 1. The Kier molecular flexibility index (Phi) is 5.54. The van der Waals surface area contributed by atoms with Crippen molar-refractivity contribution in [1.82, 2.24) is 0 Å². The quantitative estimate of drug-likeness (QED) is 0.433. The summed E-state index contributed by atoms with van der Waals surface area (Å²) in [4.78, 5) is 3.98. The second kappa shape index (κ2) is 6.48. The fraction of sp³-hybridized carbons (Fsp3) is 0.462. The highest BCUT2D eigenvalue weighted by atomic mass is 32.2. The van der Waals surface area contributed by atoms with Crippen molar-refractivity contribution in [3.63, 3.8) is 0 Å². The molecule has 1 aromatic rings. The lowest BCUT2D eigenvalue weighted by Gasteiger charge is -2.31. The van der Waals surface area contributed by atoms with Crippen molar-refractivity contribution in [2.75, 3.05) is 7.05 Å². The molecule has 1 unspecified atom stereocenters. The van der Waals surface area contributed by atoms with E-state index in [0.717, 1.165) is 0 Å². The molecule has 118 valence electrons. The monoisotopic (exact) mass is 321 g/mol. The lowest BCUT2D eigenvalue weighted by atomic mass is 9.50. The Hall–Kier alpha value is -1.24. The van der Waals surface area contributed by atoms with E-state index in [4.69, 9.17) is 5.73 Å². The molecule has 1 rings (SSSR count). The molecule has 0 fully saturated rings. The summed E-state index contributed by atoms with van der Waals surface area (Å²) in [7, 11) is 4.26. The molecule has 0 saturated carbocycles. The van der Waals surface area contributed by atoms with Crippen LogP contribution in [0.1, 0.15) is 19.4 Å². The number of rotatable bonds is 5. The Morgan fingerprint density at radius 3 is 2.32 bits per heavy atom. The fourth-order valence-electron chi connectivity index (χ4n) is 2.03. The van der Waals surface area contributed by atoms with Gasteiger partial charge in [-0.15, -0.1) is 0 Å². The van der Waals surface area contributed by atoms with Crippen LogP contribution in [-0.2, 0) is 15.5 Å². The maximum Gasteiger partial charge on any atom is 0.127 e. The van der Waals surface area contributed by atoms with E-state index in [1.165, 1.54) is 6.07 Å². The molecule has 4 nitrogen and oxygen atoms in total. The van der Waals surface area contributed by atoms with Crippen LogP contribution >= 0.6 is 0 Å². The van der Waals surface area contributed by atoms with Crippen LogP contribution in [0.15, 0.2) is 33.6 Å². The molecular formula is C13H23B3FN3OS. The molecule has 0 saturated heterocycles. The van der Waals surface area contributed by atoms with E-state index in [2.05, 4.69) is 9.36 Å². The predicted octanol–water partition coefficient (Wildman–Crippen LogP) is -0.930. The number of benzene rings is 1.